The van der Waals surface area contributed by atoms with E-state index in [0.29, 0.717) is 0 Å². The van der Waals surface area contributed by atoms with Gasteiger partial charge in [0, 0.05) is 6.04 Å². The van der Waals surface area contributed by atoms with Gasteiger partial charge in [-0.25, -0.2) is 0 Å². The summed E-state index contributed by atoms with van der Waals surface area (Å²) in [4.78, 5) is 0. The fourth-order valence-electron chi connectivity index (χ4n) is 1.94. The van der Waals surface area contributed by atoms with Crippen molar-refractivity contribution in [2.24, 2.45) is 5.73 Å². The Balaban J connectivity index is 2.17. The maximum absolute atomic E-state index is 6.25. The summed E-state index contributed by atoms with van der Waals surface area (Å²) in [6.45, 7) is 4.27. The van der Waals surface area contributed by atoms with Gasteiger partial charge in [0.2, 0.25) is 0 Å². The predicted molar refractivity (Wildman–Crippen MR) is 70.9 cm³/mol. The molecule has 2 heteroatoms. The molecule has 0 bridgehead atoms. The van der Waals surface area contributed by atoms with Crippen LogP contribution in [0.1, 0.15) is 28.3 Å². The average Bonchev–Trinajstić information content (AvgIpc) is 2.68. The molecule has 1 nitrogen and oxygen atoms in total. The molecule has 1 unspecified atom stereocenters. The Hall–Kier alpha value is -1.12. The first-order chi connectivity index (χ1) is 7.68. The molecular weight excluding hydrogens is 214 g/mol. The topological polar surface area (TPSA) is 26.0 Å². The van der Waals surface area contributed by atoms with E-state index in [2.05, 4.69) is 48.9 Å². The van der Waals surface area contributed by atoms with Crippen LogP contribution in [0.4, 0.5) is 0 Å². The Labute approximate surface area is 101 Å². The molecule has 0 aliphatic heterocycles. The highest BCUT2D eigenvalue weighted by Crippen LogP contribution is 2.23. The molecule has 2 N–H and O–H groups in total. The molecule has 0 saturated carbocycles. The summed E-state index contributed by atoms with van der Waals surface area (Å²) < 4.78 is 0. The Kier molecular flexibility index (Phi) is 3.42. The van der Waals surface area contributed by atoms with E-state index in [1.807, 2.05) is 0 Å². The van der Waals surface area contributed by atoms with Crippen molar-refractivity contribution in [3.8, 4) is 0 Å². The lowest BCUT2D eigenvalue weighted by Crippen LogP contribution is -2.14. The molecule has 2 aromatic rings. The number of rotatable bonds is 3. The molecule has 2 rings (SSSR count). The third-order valence-electron chi connectivity index (χ3n) is 3.00. The zero-order valence-electron chi connectivity index (χ0n) is 9.73. The smallest absolute Gasteiger partial charge is 0.0346 e. The summed E-state index contributed by atoms with van der Waals surface area (Å²) in [5, 5.41) is 4.32. The Bertz CT molecular complexity index is 473. The van der Waals surface area contributed by atoms with Crippen molar-refractivity contribution in [2.45, 2.75) is 26.3 Å². The van der Waals surface area contributed by atoms with E-state index in [0.717, 1.165) is 6.42 Å². The second-order valence-electron chi connectivity index (χ2n) is 4.25. The van der Waals surface area contributed by atoms with Crippen LogP contribution in [-0.2, 0) is 6.42 Å². The zero-order valence-corrected chi connectivity index (χ0v) is 10.6. The molecule has 1 aromatic heterocycles. The summed E-state index contributed by atoms with van der Waals surface area (Å²) >= 11 is 1.73. The van der Waals surface area contributed by atoms with Crippen molar-refractivity contribution in [1.29, 1.82) is 0 Å². The lowest BCUT2D eigenvalue weighted by atomic mass is 9.97. The first-order valence-corrected chi connectivity index (χ1v) is 6.45. The van der Waals surface area contributed by atoms with Gasteiger partial charge in [0.15, 0.2) is 0 Å². The molecule has 0 aliphatic rings. The Morgan fingerprint density at radius 2 is 1.88 bits per heavy atom. The fourth-order valence-corrected chi connectivity index (χ4v) is 2.85. The lowest BCUT2D eigenvalue weighted by Gasteiger charge is -2.13. The van der Waals surface area contributed by atoms with Crippen molar-refractivity contribution >= 4 is 11.3 Å². The van der Waals surface area contributed by atoms with E-state index in [1.165, 1.54) is 22.3 Å². The second-order valence-corrected chi connectivity index (χ2v) is 4.99. The van der Waals surface area contributed by atoms with Crippen LogP contribution < -0.4 is 5.73 Å². The van der Waals surface area contributed by atoms with Gasteiger partial charge in [-0.05, 0) is 53.3 Å². The summed E-state index contributed by atoms with van der Waals surface area (Å²) in [7, 11) is 0. The Morgan fingerprint density at radius 3 is 2.50 bits per heavy atom. The molecule has 0 fully saturated rings. The monoisotopic (exact) mass is 231 g/mol. The molecule has 1 heterocycles. The van der Waals surface area contributed by atoms with Crippen LogP contribution >= 0.6 is 11.3 Å². The predicted octanol–water partition coefficient (Wildman–Crippen LogP) is 3.61. The first kappa shape index (κ1) is 11.4. The van der Waals surface area contributed by atoms with Crippen molar-refractivity contribution in [3.05, 3.63) is 57.3 Å². The normalized spacial score (nSPS) is 12.7. The standard InChI is InChI=1S/C14H17NS/c1-10-5-3-4-6-12(10)7-14(15)13-9-16-8-11(13)2/h3-6,8-9,14H,7,15H2,1-2H3. The maximum atomic E-state index is 6.25. The van der Waals surface area contributed by atoms with E-state index in [9.17, 15) is 0 Å². The van der Waals surface area contributed by atoms with Gasteiger partial charge in [0.25, 0.3) is 0 Å². The SMILES string of the molecule is Cc1ccccc1CC(N)c1cscc1C. The Morgan fingerprint density at radius 1 is 1.12 bits per heavy atom. The summed E-state index contributed by atoms with van der Waals surface area (Å²) in [6, 6.07) is 8.57. The van der Waals surface area contributed by atoms with Crippen LogP contribution in [0.25, 0.3) is 0 Å². The van der Waals surface area contributed by atoms with Crippen LogP contribution in [0.3, 0.4) is 0 Å². The van der Waals surface area contributed by atoms with E-state index in [-0.39, 0.29) is 6.04 Å². The molecule has 0 spiro atoms. The number of thiophene rings is 1. The van der Waals surface area contributed by atoms with E-state index in [4.69, 9.17) is 5.73 Å². The van der Waals surface area contributed by atoms with E-state index in [1.54, 1.807) is 11.3 Å². The second kappa shape index (κ2) is 4.81. The minimum absolute atomic E-state index is 0.118. The van der Waals surface area contributed by atoms with Gasteiger partial charge in [-0.2, -0.15) is 11.3 Å². The molecule has 0 saturated heterocycles. The number of hydrogen-bond acceptors (Lipinski definition) is 2. The van der Waals surface area contributed by atoms with Crippen LogP contribution in [0.5, 0.6) is 0 Å². The summed E-state index contributed by atoms with van der Waals surface area (Å²) in [5.41, 5.74) is 11.5. The average molecular weight is 231 g/mol. The van der Waals surface area contributed by atoms with Gasteiger partial charge < -0.3 is 5.73 Å². The fraction of sp³-hybridized carbons (Fsp3) is 0.286. The molecule has 1 atom stereocenters. The molecule has 0 aliphatic carbocycles. The van der Waals surface area contributed by atoms with Gasteiger partial charge in [-0.15, -0.1) is 0 Å². The van der Waals surface area contributed by atoms with Gasteiger partial charge >= 0.3 is 0 Å². The molecule has 16 heavy (non-hydrogen) atoms. The number of hydrogen-bond donors (Lipinski definition) is 1. The van der Waals surface area contributed by atoms with E-state index >= 15 is 0 Å². The van der Waals surface area contributed by atoms with Gasteiger partial charge in [-0.3, -0.25) is 0 Å². The summed E-state index contributed by atoms with van der Waals surface area (Å²) in [5.74, 6) is 0. The van der Waals surface area contributed by atoms with Crippen molar-refractivity contribution in [2.75, 3.05) is 0 Å². The van der Waals surface area contributed by atoms with Gasteiger partial charge in [-0.1, -0.05) is 24.3 Å². The highest BCUT2D eigenvalue weighted by molar-refractivity contribution is 7.08. The van der Waals surface area contributed by atoms with Crippen molar-refractivity contribution in [3.63, 3.8) is 0 Å². The molecule has 84 valence electrons. The third kappa shape index (κ3) is 2.34. The quantitative estimate of drug-likeness (QED) is 0.858. The van der Waals surface area contributed by atoms with Crippen LogP contribution in [0, 0.1) is 13.8 Å². The zero-order chi connectivity index (χ0) is 11.5. The van der Waals surface area contributed by atoms with Crippen LogP contribution in [-0.4, -0.2) is 0 Å². The number of nitrogens with two attached hydrogens (primary N) is 1. The minimum Gasteiger partial charge on any atom is -0.324 e. The van der Waals surface area contributed by atoms with Crippen LogP contribution in [0.15, 0.2) is 35.0 Å². The molecule has 0 radical (unpaired) electrons. The maximum Gasteiger partial charge on any atom is 0.0346 e. The third-order valence-corrected chi connectivity index (χ3v) is 3.88. The van der Waals surface area contributed by atoms with Crippen molar-refractivity contribution in [1.82, 2.24) is 0 Å². The van der Waals surface area contributed by atoms with Gasteiger partial charge in [0.05, 0.1) is 0 Å². The minimum atomic E-state index is 0.118. The molecule has 1 aromatic carbocycles. The van der Waals surface area contributed by atoms with Crippen LogP contribution in [0.2, 0.25) is 0 Å². The van der Waals surface area contributed by atoms with Crippen molar-refractivity contribution < 1.29 is 0 Å². The molecular formula is C14H17NS. The highest BCUT2D eigenvalue weighted by atomic mass is 32.1. The number of benzene rings is 1. The summed E-state index contributed by atoms with van der Waals surface area (Å²) in [6.07, 6.45) is 0.921. The largest absolute Gasteiger partial charge is 0.324 e. The first-order valence-electron chi connectivity index (χ1n) is 5.51. The van der Waals surface area contributed by atoms with E-state index < -0.39 is 0 Å². The lowest BCUT2D eigenvalue weighted by molar-refractivity contribution is 0.717. The highest BCUT2D eigenvalue weighted by Gasteiger charge is 2.11. The number of aryl methyl sites for hydroxylation is 2. The van der Waals surface area contributed by atoms with Gasteiger partial charge in [0.1, 0.15) is 0 Å². The molecule has 0 amide bonds.